The number of likely N-dealkylation sites (N-methyl/N-ethyl adjacent to an activating group) is 3. The van der Waals surface area contributed by atoms with Crippen molar-refractivity contribution in [2.24, 2.45) is 0 Å². The third-order valence-corrected chi connectivity index (χ3v) is 1.92. The summed E-state index contributed by atoms with van der Waals surface area (Å²) in [5.74, 6) is 0. The Balaban J connectivity index is -0.000000720. The van der Waals surface area contributed by atoms with E-state index in [2.05, 4.69) is 20.9 Å². The van der Waals surface area contributed by atoms with Crippen LogP contribution >= 0.6 is 0 Å². The van der Waals surface area contributed by atoms with E-state index in [-0.39, 0.29) is 33.6 Å². The molecule has 0 aromatic rings. The molecular formula is C10H24N4Zr. The van der Waals surface area contributed by atoms with E-state index in [4.69, 9.17) is 0 Å². The summed E-state index contributed by atoms with van der Waals surface area (Å²) in [6.07, 6.45) is 0. The van der Waals surface area contributed by atoms with Crippen molar-refractivity contribution < 1.29 is 26.2 Å². The van der Waals surface area contributed by atoms with E-state index in [0.717, 1.165) is 39.3 Å². The topological polar surface area (TPSA) is 45.5 Å². The van der Waals surface area contributed by atoms with E-state index < -0.39 is 0 Å². The molecular weight excluding hydrogens is 267 g/mol. The van der Waals surface area contributed by atoms with E-state index in [1.54, 1.807) is 0 Å². The molecule has 0 saturated heterocycles. The summed E-state index contributed by atoms with van der Waals surface area (Å²) in [6.45, 7) is 5.82. The van der Waals surface area contributed by atoms with Gasteiger partial charge < -0.3 is 28.3 Å². The zero-order chi connectivity index (χ0) is 9.94. The molecule has 0 aliphatic carbocycles. The molecule has 0 rings (SSSR count). The third kappa shape index (κ3) is 14.7. The second-order valence-electron chi connectivity index (χ2n) is 2.96. The first kappa shape index (κ1) is 21.1. The van der Waals surface area contributed by atoms with Gasteiger partial charge in [0.15, 0.2) is 0 Å². The first-order valence-electron chi connectivity index (χ1n) is 4.74. The van der Waals surface area contributed by atoms with Gasteiger partial charge in [-0.1, -0.05) is 0 Å². The van der Waals surface area contributed by atoms with Gasteiger partial charge in [0.1, 0.15) is 0 Å². The van der Waals surface area contributed by atoms with Gasteiger partial charge in [0.2, 0.25) is 0 Å². The maximum atomic E-state index is 4.09. The molecule has 0 saturated carbocycles. The van der Waals surface area contributed by atoms with Crippen molar-refractivity contribution in [2.75, 3.05) is 60.4 Å². The van der Waals surface area contributed by atoms with Crippen molar-refractivity contribution in [1.82, 2.24) is 4.90 Å². The van der Waals surface area contributed by atoms with E-state index in [0.29, 0.717) is 0 Å². The Bertz CT molecular complexity index is 84.4. The van der Waals surface area contributed by atoms with Crippen molar-refractivity contribution in [3.63, 3.8) is 0 Å². The molecule has 0 unspecified atom stereocenters. The van der Waals surface area contributed by atoms with Gasteiger partial charge in [-0.3, -0.25) is 0 Å². The zero-order valence-electron chi connectivity index (χ0n) is 10.5. The Morgan fingerprint density at radius 1 is 0.733 bits per heavy atom. The van der Waals surface area contributed by atoms with E-state index >= 15 is 0 Å². The maximum absolute atomic E-state index is 4.09. The van der Waals surface area contributed by atoms with Crippen LogP contribution in [0.3, 0.4) is 0 Å². The standard InChI is InChI=1S/C9H21N4.CH3.Zr/c1-10-4-7-13(8-5-11-2)9-6-12-3;;/h4-9H2,1-3H3;1H3;/q-3;-1;+4. The fraction of sp³-hybridized carbons (Fsp3) is 0.900. The molecule has 0 amide bonds. The molecule has 0 bridgehead atoms. The fourth-order valence-corrected chi connectivity index (χ4v) is 1.06. The Morgan fingerprint density at radius 3 is 1.20 bits per heavy atom. The van der Waals surface area contributed by atoms with Crippen LogP contribution in [0.1, 0.15) is 0 Å². The summed E-state index contributed by atoms with van der Waals surface area (Å²) < 4.78 is 0. The van der Waals surface area contributed by atoms with Crippen LogP contribution in [0.15, 0.2) is 0 Å². The number of nitrogens with zero attached hydrogens (tertiary/aromatic N) is 4. The second kappa shape index (κ2) is 17.1. The molecule has 0 aliphatic heterocycles. The predicted octanol–water partition coefficient (Wildman–Crippen LogP) is 1.75. The normalized spacial score (nSPS) is 9.60. The maximum Gasteiger partial charge on any atom is 4.00 e. The monoisotopic (exact) mass is 290 g/mol. The summed E-state index contributed by atoms with van der Waals surface area (Å²) in [6, 6.07) is 0. The van der Waals surface area contributed by atoms with Gasteiger partial charge in [0, 0.05) is 0 Å². The Hall–Kier alpha value is 0.723. The predicted molar refractivity (Wildman–Crippen MR) is 65.3 cm³/mol. The van der Waals surface area contributed by atoms with Gasteiger partial charge in [-0.05, 0) is 19.6 Å². The molecule has 0 spiro atoms. The van der Waals surface area contributed by atoms with Gasteiger partial charge in [-0.2, -0.15) is 21.1 Å². The van der Waals surface area contributed by atoms with Gasteiger partial charge in [0.05, 0.1) is 0 Å². The average Bonchev–Trinajstić information content (AvgIpc) is 2.17. The Labute approximate surface area is 115 Å². The van der Waals surface area contributed by atoms with Crippen LogP contribution in [-0.2, 0) is 26.2 Å². The van der Waals surface area contributed by atoms with E-state index in [1.165, 1.54) is 0 Å². The molecule has 5 heteroatoms. The molecule has 15 heavy (non-hydrogen) atoms. The van der Waals surface area contributed by atoms with E-state index in [1.807, 2.05) is 21.1 Å². The number of hydrogen-bond acceptors (Lipinski definition) is 1. The minimum atomic E-state index is 0. The summed E-state index contributed by atoms with van der Waals surface area (Å²) in [5.41, 5.74) is 0. The summed E-state index contributed by atoms with van der Waals surface area (Å²) >= 11 is 0. The second-order valence-corrected chi connectivity index (χ2v) is 2.96. The Morgan fingerprint density at radius 2 is 1.00 bits per heavy atom. The van der Waals surface area contributed by atoms with Gasteiger partial charge in [-0.15, -0.1) is 19.6 Å². The minimum absolute atomic E-state index is 0. The molecule has 0 aromatic heterocycles. The molecule has 0 N–H and O–H groups in total. The van der Waals surface area contributed by atoms with Gasteiger partial charge >= 0.3 is 26.2 Å². The zero-order valence-corrected chi connectivity index (χ0v) is 13.0. The molecule has 0 fully saturated rings. The van der Waals surface area contributed by atoms with Crippen LogP contribution in [0.25, 0.3) is 16.0 Å². The van der Waals surface area contributed by atoms with Crippen LogP contribution in [0.5, 0.6) is 0 Å². The van der Waals surface area contributed by atoms with Crippen LogP contribution in [0.2, 0.25) is 0 Å². The molecule has 0 aromatic carbocycles. The number of hydrogen-bond donors (Lipinski definition) is 0. The van der Waals surface area contributed by atoms with E-state index in [9.17, 15) is 0 Å². The molecule has 0 atom stereocenters. The average molecular weight is 292 g/mol. The van der Waals surface area contributed by atoms with Crippen molar-refractivity contribution >= 4 is 0 Å². The van der Waals surface area contributed by atoms with Crippen molar-refractivity contribution in [2.45, 2.75) is 0 Å². The minimum Gasteiger partial charge on any atom is -0.664 e. The van der Waals surface area contributed by atoms with Crippen LogP contribution in [-0.4, -0.2) is 65.3 Å². The molecule has 0 aliphatic rings. The molecule has 88 valence electrons. The fourth-order valence-electron chi connectivity index (χ4n) is 1.06. The van der Waals surface area contributed by atoms with Gasteiger partial charge in [-0.25, -0.2) is 0 Å². The van der Waals surface area contributed by atoms with Crippen molar-refractivity contribution in [1.29, 1.82) is 0 Å². The first-order chi connectivity index (χ1) is 6.35. The van der Waals surface area contributed by atoms with Crippen LogP contribution < -0.4 is 0 Å². The van der Waals surface area contributed by atoms with Crippen molar-refractivity contribution in [3.8, 4) is 0 Å². The largest absolute Gasteiger partial charge is 4.00 e. The quantitative estimate of drug-likeness (QED) is 0.597. The van der Waals surface area contributed by atoms with Gasteiger partial charge in [0.25, 0.3) is 0 Å². The van der Waals surface area contributed by atoms with Crippen molar-refractivity contribution in [3.05, 3.63) is 23.4 Å². The van der Waals surface area contributed by atoms with Crippen LogP contribution in [0, 0.1) is 7.43 Å². The summed E-state index contributed by atoms with van der Waals surface area (Å²) in [5, 5.41) is 12.3. The number of rotatable bonds is 9. The molecule has 0 radical (unpaired) electrons. The first-order valence-corrected chi connectivity index (χ1v) is 4.74. The summed E-state index contributed by atoms with van der Waals surface area (Å²) in [4.78, 5) is 2.35. The smallest absolute Gasteiger partial charge is 0.664 e. The molecule has 4 nitrogen and oxygen atoms in total. The SMILES string of the molecule is C[N-]CCN(CC[N-]C)CC[N-]C.[CH3-].[Zr+4]. The summed E-state index contributed by atoms with van der Waals surface area (Å²) in [7, 11) is 5.56. The molecule has 0 heterocycles. The Kier molecular flexibility index (Phi) is 24.0. The third-order valence-electron chi connectivity index (χ3n) is 1.92. The van der Waals surface area contributed by atoms with Crippen LogP contribution in [0.4, 0.5) is 0 Å².